The van der Waals surface area contributed by atoms with Crippen LogP contribution >= 0.6 is 15.9 Å². The third-order valence-corrected chi connectivity index (χ3v) is 7.12. The van der Waals surface area contributed by atoms with Crippen LogP contribution in [0.25, 0.3) is 0 Å². The largest absolute Gasteiger partial charge is 0.325 e. The molecular formula is C26H26BrN3O3S. The summed E-state index contributed by atoms with van der Waals surface area (Å²) in [6.45, 7) is 4.76. The third kappa shape index (κ3) is 6.21. The highest BCUT2D eigenvalue weighted by atomic mass is 79.9. The minimum atomic E-state index is -4.02. The second-order valence-electron chi connectivity index (χ2n) is 8.30. The molecule has 5 rings (SSSR count). The van der Waals surface area contributed by atoms with Gasteiger partial charge < -0.3 is 4.57 Å². The lowest BCUT2D eigenvalue weighted by molar-refractivity contribution is 0.193. The maximum atomic E-state index is 10.5. The summed E-state index contributed by atoms with van der Waals surface area (Å²) in [6.07, 6.45) is 3.95. The first-order valence-corrected chi connectivity index (χ1v) is 13.1. The number of fused-ring (bicyclic) bond motifs is 1. The molecule has 3 aromatic carbocycles. The molecule has 6 nitrogen and oxygen atoms in total. The molecule has 34 heavy (non-hydrogen) atoms. The molecular weight excluding hydrogens is 514 g/mol. The van der Waals surface area contributed by atoms with Crippen molar-refractivity contribution in [1.29, 1.82) is 0 Å². The molecule has 1 aromatic heterocycles. The second kappa shape index (κ2) is 10.7. The topological polar surface area (TPSA) is 75.4 Å². The highest BCUT2D eigenvalue weighted by molar-refractivity contribution is 9.10. The quantitative estimate of drug-likeness (QED) is 0.347. The molecule has 0 radical (unpaired) electrons. The lowest BCUT2D eigenvalue weighted by Gasteiger charge is -2.34. The molecule has 1 aliphatic heterocycles. The minimum Gasteiger partial charge on any atom is -0.325 e. The Morgan fingerprint density at radius 1 is 1.00 bits per heavy atom. The number of aryl methyl sites for hydroxylation is 1. The molecule has 0 spiro atoms. The summed E-state index contributed by atoms with van der Waals surface area (Å²) >= 11 is 3.52. The maximum absolute atomic E-state index is 10.5. The molecule has 0 bridgehead atoms. The first-order valence-electron chi connectivity index (χ1n) is 10.9. The van der Waals surface area contributed by atoms with Crippen molar-refractivity contribution in [2.45, 2.75) is 31.0 Å². The van der Waals surface area contributed by atoms with Gasteiger partial charge in [0.15, 0.2) is 0 Å². The minimum absolute atomic E-state index is 0.0666. The zero-order chi connectivity index (χ0) is 24.1. The number of nitrogens with zero attached hydrogens (tertiary/aromatic N) is 3. The highest BCUT2D eigenvalue weighted by Gasteiger charge is 2.26. The molecule has 0 saturated heterocycles. The number of imidazole rings is 1. The van der Waals surface area contributed by atoms with E-state index in [1.54, 1.807) is 12.1 Å². The number of aromatic nitrogens is 2. The Balaban J connectivity index is 0.000000210. The normalized spacial score (nSPS) is 15.8. The van der Waals surface area contributed by atoms with Crippen LogP contribution in [0, 0.1) is 6.92 Å². The van der Waals surface area contributed by atoms with E-state index in [-0.39, 0.29) is 4.90 Å². The van der Waals surface area contributed by atoms with Gasteiger partial charge in [-0.05, 0) is 42.3 Å². The third-order valence-electron chi connectivity index (χ3n) is 5.72. The highest BCUT2D eigenvalue weighted by Crippen LogP contribution is 2.28. The fourth-order valence-electron chi connectivity index (χ4n) is 3.98. The molecule has 0 saturated carbocycles. The van der Waals surface area contributed by atoms with Gasteiger partial charge in [-0.1, -0.05) is 76.1 Å². The summed E-state index contributed by atoms with van der Waals surface area (Å²) in [5.74, 6) is 0. The van der Waals surface area contributed by atoms with Crippen LogP contribution in [0.3, 0.4) is 0 Å². The van der Waals surface area contributed by atoms with Crippen molar-refractivity contribution < 1.29 is 13.0 Å². The summed E-state index contributed by atoms with van der Waals surface area (Å²) in [7, 11) is -4.02. The van der Waals surface area contributed by atoms with E-state index in [1.807, 2.05) is 19.4 Å². The number of hydrogen-bond acceptors (Lipinski definition) is 4. The summed E-state index contributed by atoms with van der Waals surface area (Å²) in [4.78, 5) is 6.80. The standard InChI is InChI=1S/C19H18BrN3.C7H8O3S/c20-17-8-6-16(7-9-17)19-13-22(11-15-4-2-1-3-5-15)12-18-10-21-14-23(18)19;1-6-2-4-7(5-3-6)11(8,9)10/h1-10,14,19H,11-13H2;2-5H,1H3,(H,8,9,10). The fraction of sp³-hybridized carbons (Fsp3) is 0.192. The lowest BCUT2D eigenvalue weighted by atomic mass is 10.0. The summed E-state index contributed by atoms with van der Waals surface area (Å²) in [5, 5.41) is 0. The van der Waals surface area contributed by atoms with Crippen molar-refractivity contribution >= 4 is 26.0 Å². The summed E-state index contributed by atoms with van der Waals surface area (Å²) in [6, 6.07) is 25.6. The Kier molecular flexibility index (Phi) is 7.63. The predicted molar refractivity (Wildman–Crippen MR) is 136 cm³/mol. The molecule has 1 atom stereocenters. The van der Waals surface area contributed by atoms with Gasteiger partial charge in [-0.3, -0.25) is 9.45 Å². The molecule has 2 heterocycles. The molecule has 0 aliphatic carbocycles. The van der Waals surface area contributed by atoms with Crippen LogP contribution in [0.1, 0.15) is 28.4 Å². The van der Waals surface area contributed by atoms with Gasteiger partial charge in [0.1, 0.15) is 0 Å². The summed E-state index contributed by atoms with van der Waals surface area (Å²) in [5.41, 5.74) is 4.91. The van der Waals surface area contributed by atoms with Crippen molar-refractivity contribution in [3.05, 3.63) is 118 Å². The van der Waals surface area contributed by atoms with Gasteiger partial charge in [-0.15, -0.1) is 0 Å². The van der Waals surface area contributed by atoms with E-state index in [4.69, 9.17) is 4.55 Å². The number of rotatable bonds is 4. The molecule has 4 aromatic rings. The van der Waals surface area contributed by atoms with Gasteiger partial charge in [0.2, 0.25) is 0 Å². The monoisotopic (exact) mass is 539 g/mol. The Labute approximate surface area is 208 Å². The van der Waals surface area contributed by atoms with E-state index in [1.165, 1.54) is 29.0 Å². The molecule has 176 valence electrons. The Bertz CT molecular complexity index is 1320. The predicted octanol–water partition coefficient (Wildman–Crippen LogP) is 5.49. The maximum Gasteiger partial charge on any atom is 0.294 e. The van der Waals surface area contributed by atoms with E-state index in [9.17, 15) is 8.42 Å². The van der Waals surface area contributed by atoms with Crippen LogP contribution in [0.4, 0.5) is 0 Å². The fourth-order valence-corrected chi connectivity index (χ4v) is 4.73. The van der Waals surface area contributed by atoms with Crippen molar-refractivity contribution in [1.82, 2.24) is 14.5 Å². The van der Waals surface area contributed by atoms with Crippen molar-refractivity contribution in [2.24, 2.45) is 0 Å². The zero-order valence-corrected chi connectivity index (χ0v) is 21.2. The van der Waals surface area contributed by atoms with Crippen molar-refractivity contribution in [3.63, 3.8) is 0 Å². The lowest BCUT2D eigenvalue weighted by Crippen LogP contribution is -2.36. The smallest absolute Gasteiger partial charge is 0.294 e. The first-order chi connectivity index (χ1) is 16.3. The molecule has 0 amide bonds. The van der Waals surface area contributed by atoms with Crippen LogP contribution in [0.15, 0.2) is 101 Å². The van der Waals surface area contributed by atoms with Gasteiger partial charge >= 0.3 is 0 Å². The number of benzene rings is 3. The van der Waals surface area contributed by atoms with Crippen LogP contribution in [-0.2, 0) is 23.2 Å². The van der Waals surface area contributed by atoms with Gasteiger partial charge in [-0.2, -0.15) is 8.42 Å². The van der Waals surface area contributed by atoms with E-state index in [0.717, 1.165) is 29.7 Å². The number of halogens is 1. The van der Waals surface area contributed by atoms with Crippen LogP contribution < -0.4 is 0 Å². The first kappa shape index (κ1) is 24.3. The van der Waals surface area contributed by atoms with Gasteiger partial charge in [0, 0.05) is 30.3 Å². The van der Waals surface area contributed by atoms with Gasteiger partial charge in [-0.25, -0.2) is 4.98 Å². The molecule has 8 heteroatoms. The van der Waals surface area contributed by atoms with Gasteiger partial charge in [0.05, 0.1) is 23.0 Å². The molecule has 0 fully saturated rings. The van der Waals surface area contributed by atoms with E-state index < -0.39 is 10.1 Å². The van der Waals surface area contributed by atoms with Crippen molar-refractivity contribution in [3.8, 4) is 0 Å². The van der Waals surface area contributed by atoms with E-state index in [0.29, 0.717) is 6.04 Å². The average molecular weight is 540 g/mol. The van der Waals surface area contributed by atoms with Crippen molar-refractivity contribution in [2.75, 3.05) is 6.54 Å². The molecule has 1 N–H and O–H groups in total. The van der Waals surface area contributed by atoms with E-state index in [2.05, 4.69) is 85.0 Å². The molecule has 1 aliphatic rings. The molecule has 1 unspecified atom stereocenters. The van der Waals surface area contributed by atoms with Crippen LogP contribution in [0.2, 0.25) is 0 Å². The Hall–Kier alpha value is -2.78. The van der Waals surface area contributed by atoms with Crippen LogP contribution in [-0.4, -0.2) is 34.0 Å². The average Bonchev–Trinajstić information content (AvgIpc) is 3.29. The zero-order valence-electron chi connectivity index (χ0n) is 18.8. The second-order valence-corrected chi connectivity index (χ2v) is 10.6. The van der Waals surface area contributed by atoms with E-state index >= 15 is 0 Å². The number of hydrogen-bond donors (Lipinski definition) is 1. The Morgan fingerprint density at radius 3 is 2.32 bits per heavy atom. The Morgan fingerprint density at radius 2 is 1.68 bits per heavy atom. The van der Waals surface area contributed by atoms with Crippen LogP contribution in [0.5, 0.6) is 0 Å². The SMILES string of the molecule is Brc1ccc(C2CN(Cc3ccccc3)Cc3cncn32)cc1.Cc1ccc(S(=O)(=O)O)cc1. The summed E-state index contributed by atoms with van der Waals surface area (Å²) < 4.78 is 33.0. The van der Waals surface area contributed by atoms with Gasteiger partial charge in [0.25, 0.3) is 10.1 Å².